The fourth-order valence-corrected chi connectivity index (χ4v) is 2.81. The zero-order valence-electron chi connectivity index (χ0n) is 14.9. The van der Waals surface area contributed by atoms with Gasteiger partial charge in [0.2, 0.25) is 5.91 Å². The summed E-state index contributed by atoms with van der Waals surface area (Å²) in [6.45, 7) is 1.62. The van der Waals surface area contributed by atoms with E-state index < -0.39 is 4.92 Å². The van der Waals surface area contributed by atoms with Gasteiger partial charge in [-0.3, -0.25) is 24.3 Å². The first-order valence-corrected chi connectivity index (χ1v) is 8.32. The van der Waals surface area contributed by atoms with Gasteiger partial charge < -0.3 is 4.90 Å². The van der Waals surface area contributed by atoms with Gasteiger partial charge in [-0.2, -0.15) is 0 Å². The highest BCUT2D eigenvalue weighted by atomic mass is 16.6. The molecule has 0 unspecified atom stereocenters. The Labute approximate surface area is 154 Å². The molecule has 2 aromatic carbocycles. The van der Waals surface area contributed by atoms with Crippen LogP contribution in [-0.2, 0) is 11.3 Å². The van der Waals surface area contributed by atoms with E-state index in [1.54, 1.807) is 50.4 Å². The first kappa shape index (κ1) is 18.2. The minimum Gasteiger partial charge on any atom is -0.337 e. The molecule has 8 heteroatoms. The second-order valence-corrected chi connectivity index (χ2v) is 6.23. The van der Waals surface area contributed by atoms with E-state index in [4.69, 9.17) is 0 Å². The number of carbonyl (C=O) groups is 1. The normalized spacial score (nSPS) is 11.9. The topological polar surface area (TPSA) is 98.3 Å². The summed E-state index contributed by atoms with van der Waals surface area (Å²) >= 11 is 0. The first-order chi connectivity index (χ1) is 12.9. The number of hydrogen-bond donors (Lipinski definition) is 0. The Hall–Kier alpha value is -3.55. The summed E-state index contributed by atoms with van der Waals surface area (Å²) < 4.78 is 1.27. The minimum atomic E-state index is -0.474. The summed E-state index contributed by atoms with van der Waals surface area (Å²) in [6.07, 6.45) is 1.36. The van der Waals surface area contributed by atoms with Gasteiger partial charge >= 0.3 is 0 Å². The number of carbonyl (C=O) groups excluding carboxylic acids is 1. The zero-order valence-corrected chi connectivity index (χ0v) is 14.9. The van der Waals surface area contributed by atoms with Crippen LogP contribution in [-0.4, -0.2) is 32.3 Å². The van der Waals surface area contributed by atoms with E-state index in [2.05, 4.69) is 4.98 Å². The maximum absolute atomic E-state index is 12.6. The van der Waals surface area contributed by atoms with E-state index >= 15 is 0 Å². The van der Waals surface area contributed by atoms with Crippen LogP contribution in [0.15, 0.2) is 59.7 Å². The average molecular weight is 366 g/mol. The van der Waals surface area contributed by atoms with Crippen LogP contribution in [0, 0.1) is 10.1 Å². The summed E-state index contributed by atoms with van der Waals surface area (Å²) in [6, 6.07) is 12.7. The fourth-order valence-electron chi connectivity index (χ4n) is 2.81. The van der Waals surface area contributed by atoms with Gasteiger partial charge in [0.25, 0.3) is 11.2 Å². The summed E-state index contributed by atoms with van der Waals surface area (Å²) in [7, 11) is 1.60. The molecule has 0 N–H and O–H groups in total. The molecular formula is C19H18N4O4. The third-order valence-electron chi connectivity index (χ3n) is 4.57. The Bertz CT molecular complexity index is 1080. The van der Waals surface area contributed by atoms with Crippen molar-refractivity contribution in [3.63, 3.8) is 0 Å². The third-order valence-corrected chi connectivity index (χ3v) is 4.57. The van der Waals surface area contributed by atoms with Gasteiger partial charge in [-0.15, -0.1) is 0 Å². The lowest BCUT2D eigenvalue weighted by Crippen LogP contribution is -2.35. The van der Waals surface area contributed by atoms with Crippen LogP contribution < -0.4 is 5.56 Å². The second kappa shape index (κ2) is 7.36. The smallest absolute Gasteiger partial charge is 0.269 e. The van der Waals surface area contributed by atoms with Gasteiger partial charge in [-0.1, -0.05) is 24.3 Å². The highest BCUT2D eigenvalue weighted by Gasteiger charge is 2.20. The van der Waals surface area contributed by atoms with Gasteiger partial charge in [0, 0.05) is 19.2 Å². The number of nitro groups is 1. The van der Waals surface area contributed by atoms with Crippen molar-refractivity contribution in [2.24, 2.45) is 0 Å². The van der Waals surface area contributed by atoms with Crippen molar-refractivity contribution in [1.29, 1.82) is 0 Å². The number of nitrogens with zero attached hydrogens (tertiary/aromatic N) is 4. The molecule has 0 radical (unpaired) electrons. The molecular weight excluding hydrogens is 348 g/mol. The Morgan fingerprint density at radius 3 is 2.74 bits per heavy atom. The third kappa shape index (κ3) is 3.69. The van der Waals surface area contributed by atoms with E-state index in [1.165, 1.54) is 27.9 Å². The predicted molar refractivity (Wildman–Crippen MR) is 100 cm³/mol. The summed E-state index contributed by atoms with van der Waals surface area (Å²) in [5.74, 6) is -0.298. The number of para-hydroxylation sites is 1. The number of hydrogen-bond acceptors (Lipinski definition) is 5. The molecule has 0 saturated carbocycles. The van der Waals surface area contributed by atoms with Gasteiger partial charge in [0.15, 0.2) is 0 Å². The lowest BCUT2D eigenvalue weighted by Gasteiger charge is -2.25. The van der Waals surface area contributed by atoms with Gasteiger partial charge in [-0.25, -0.2) is 4.98 Å². The number of benzene rings is 2. The van der Waals surface area contributed by atoms with Gasteiger partial charge in [0.05, 0.1) is 28.2 Å². The maximum Gasteiger partial charge on any atom is 0.269 e. The number of rotatable bonds is 5. The Morgan fingerprint density at radius 2 is 2.00 bits per heavy atom. The van der Waals surface area contributed by atoms with E-state index in [0.717, 1.165) is 0 Å². The van der Waals surface area contributed by atoms with Crippen LogP contribution >= 0.6 is 0 Å². The molecule has 1 amide bonds. The zero-order chi connectivity index (χ0) is 19.6. The Balaban J connectivity index is 1.82. The number of fused-ring (bicyclic) bond motifs is 1. The van der Waals surface area contributed by atoms with Crippen molar-refractivity contribution in [3.05, 3.63) is 80.9 Å². The standard InChI is InChI=1S/C19H18N4O4/c1-13(14-6-5-7-15(10-14)23(26)27)21(2)18(24)11-22-12-20-17-9-4-3-8-16(17)19(22)25/h3-10,12-13H,11H2,1-2H3/t13-/m1/s1. The Morgan fingerprint density at radius 1 is 1.26 bits per heavy atom. The fraction of sp³-hybridized carbons (Fsp3) is 0.211. The number of amides is 1. The van der Waals surface area contributed by atoms with E-state index in [1.807, 2.05) is 0 Å². The van der Waals surface area contributed by atoms with Crippen LogP contribution in [0.4, 0.5) is 5.69 Å². The largest absolute Gasteiger partial charge is 0.337 e. The molecule has 0 aliphatic rings. The summed E-state index contributed by atoms with van der Waals surface area (Å²) in [4.78, 5) is 41.3. The van der Waals surface area contributed by atoms with Crippen LogP contribution in [0.5, 0.6) is 0 Å². The highest BCUT2D eigenvalue weighted by molar-refractivity contribution is 5.79. The summed E-state index contributed by atoms with van der Waals surface area (Å²) in [5, 5.41) is 11.4. The van der Waals surface area contributed by atoms with Crippen molar-refractivity contribution >= 4 is 22.5 Å². The molecule has 27 heavy (non-hydrogen) atoms. The van der Waals surface area contributed by atoms with Crippen LogP contribution in [0.25, 0.3) is 10.9 Å². The Kier molecular flexibility index (Phi) is 4.98. The second-order valence-electron chi connectivity index (χ2n) is 6.23. The molecule has 8 nitrogen and oxygen atoms in total. The molecule has 1 heterocycles. The molecule has 1 aromatic heterocycles. The first-order valence-electron chi connectivity index (χ1n) is 8.32. The average Bonchev–Trinajstić information content (AvgIpc) is 2.69. The lowest BCUT2D eigenvalue weighted by atomic mass is 10.1. The molecule has 0 spiro atoms. The van der Waals surface area contributed by atoms with Crippen molar-refractivity contribution in [3.8, 4) is 0 Å². The quantitative estimate of drug-likeness (QED) is 0.510. The number of likely N-dealkylation sites (N-methyl/N-ethyl adjacent to an activating group) is 1. The number of non-ortho nitro benzene ring substituents is 1. The van der Waals surface area contributed by atoms with Crippen molar-refractivity contribution in [1.82, 2.24) is 14.5 Å². The minimum absolute atomic E-state index is 0.0323. The van der Waals surface area contributed by atoms with Crippen LogP contribution in [0.3, 0.4) is 0 Å². The van der Waals surface area contributed by atoms with E-state index in [-0.39, 0.29) is 29.7 Å². The van der Waals surface area contributed by atoms with Gasteiger partial charge in [0.1, 0.15) is 6.54 Å². The lowest BCUT2D eigenvalue weighted by molar-refractivity contribution is -0.384. The molecule has 0 fully saturated rings. The predicted octanol–water partition coefficient (Wildman–Crippen LogP) is 2.52. The van der Waals surface area contributed by atoms with E-state index in [0.29, 0.717) is 16.5 Å². The number of aromatic nitrogens is 2. The molecule has 3 rings (SSSR count). The maximum atomic E-state index is 12.6. The monoisotopic (exact) mass is 366 g/mol. The molecule has 0 saturated heterocycles. The van der Waals surface area contributed by atoms with Crippen LogP contribution in [0.1, 0.15) is 18.5 Å². The molecule has 138 valence electrons. The highest BCUT2D eigenvalue weighted by Crippen LogP contribution is 2.23. The molecule has 0 bridgehead atoms. The molecule has 3 aromatic rings. The molecule has 1 atom stereocenters. The van der Waals surface area contributed by atoms with E-state index in [9.17, 15) is 19.7 Å². The number of nitro benzene ring substituents is 1. The van der Waals surface area contributed by atoms with Crippen LogP contribution in [0.2, 0.25) is 0 Å². The molecule has 0 aliphatic carbocycles. The van der Waals surface area contributed by atoms with Crippen molar-refractivity contribution in [2.75, 3.05) is 7.05 Å². The van der Waals surface area contributed by atoms with Crippen molar-refractivity contribution in [2.45, 2.75) is 19.5 Å². The summed E-state index contributed by atoms with van der Waals surface area (Å²) in [5.41, 5.74) is 0.897. The van der Waals surface area contributed by atoms with Gasteiger partial charge in [-0.05, 0) is 24.6 Å². The van der Waals surface area contributed by atoms with Crippen molar-refractivity contribution < 1.29 is 9.72 Å². The molecule has 0 aliphatic heterocycles. The SMILES string of the molecule is C[C@H](c1cccc([N+](=O)[O-])c1)N(C)C(=O)Cn1cnc2ccccc2c1=O.